The number of hydrogen-bond acceptors (Lipinski definition) is 2. The van der Waals surface area contributed by atoms with Crippen molar-refractivity contribution in [2.75, 3.05) is 0 Å². The predicted molar refractivity (Wildman–Crippen MR) is 105 cm³/mol. The van der Waals surface area contributed by atoms with E-state index in [0.717, 1.165) is 30.1 Å². The molecule has 0 unspecified atom stereocenters. The Labute approximate surface area is 156 Å². The maximum absolute atomic E-state index is 14.2. The van der Waals surface area contributed by atoms with E-state index in [0.29, 0.717) is 11.8 Å². The van der Waals surface area contributed by atoms with E-state index < -0.39 is 5.82 Å². The zero-order valence-electron chi connectivity index (χ0n) is 16.0. The molecule has 0 radical (unpaired) electrons. The molecule has 1 aliphatic carbocycles. The van der Waals surface area contributed by atoms with Crippen LogP contribution in [0.2, 0.25) is 0 Å². The topological polar surface area (TPSA) is 26.3 Å². The van der Waals surface area contributed by atoms with Crippen LogP contribution < -0.4 is 4.74 Å². The van der Waals surface area contributed by atoms with Gasteiger partial charge in [-0.25, -0.2) is 4.39 Å². The van der Waals surface area contributed by atoms with Crippen molar-refractivity contribution >= 4 is 6.29 Å². The van der Waals surface area contributed by atoms with Crippen molar-refractivity contribution in [3.05, 3.63) is 53.8 Å². The smallest absolute Gasteiger partial charge is 0.153 e. The van der Waals surface area contributed by atoms with E-state index in [-0.39, 0.29) is 11.7 Å². The van der Waals surface area contributed by atoms with Crippen LogP contribution in [0.1, 0.15) is 63.2 Å². The van der Waals surface area contributed by atoms with Gasteiger partial charge in [0.25, 0.3) is 0 Å². The molecule has 0 aliphatic heterocycles. The van der Waals surface area contributed by atoms with Gasteiger partial charge in [-0.3, -0.25) is 4.79 Å². The number of carbonyl (C=O) groups is 1. The Hall–Kier alpha value is -2.16. The molecule has 140 valence electrons. The Morgan fingerprint density at radius 2 is 1.69 bits per heavy atom. The summed E-state index contributed by atoms with van der Waals surface area (Å²) in [5.41, 5.74) is 1.27. The molecule has 26 heavy (non-hydrogen) atoms. The third kappa shape index (κ3) is 4.94. The summed E-state index contributed by atoms with van der Waals surface area (Å²) >= 11 is 0. The second-order valence-corrected chi connectivity index (χ2v) is 6.52. The van der Waals surface area contributed by atoms with Crippen molar-refractivity contribution in [3.8, 4) is 16.9 Å². The monoisotopic (exact) mass is 356 g/mol. The van der Waals surface area contributed by atoms with Gasteiger partial charge < -0.3 is 4.74 Å². The second-order valence-electron chi connectivity index (χ2n) is 6.52. The quantitative estimate of drug-likeness (QED) is 0.559. The van der Waals surface area contributed by atoms with Crippen LogP contribution >= 0.6 is 0 Å². The molecule has 1 fully saturated rings. The van der Waals surface area contributed by atoms with Gasteiger partial charge in [0.1, 0.15) is 11.6 Å². The first-order chi connectivity index (χ1) is 12.7. The van der Waals surface area contributed by atoms with Crippen LogP contribution in [0.15, 0.2) is 42.5 Å². The normalized spacial score (nSPS) is 19.2. The molecule has 0 amide bonds. The lowest BCUT2D eigenvalue weighted by atomic mass is 9.86. The first-order valence-corrected chi connectivity index (χ1v) is 9.72. The van der Waals surface area contributed by atoms with Crippen LogP contribution in [0, 0.1) is 11.7 Å². The minimum atomic E-state index is -0.473. The highest BCUT2D eigenvalue weighted by molar-refractivity contribution is 5.79. The Morgan fingerprint density at radius 3 is 2.27 bits per heavy atom. The van der Waals surface area contributed by atoms with Gasteiger partial charge in [-0.1, -0.05) is 51.5 Å². The molecule has 0 N–H and O–H groups in total. The van der Waals surface area contributed by atoms with Gasteiger partial charge in [0.2, 0.25) is 0 Å². The fraction of sp³-hybridized carbons (Fsp3) is 0.435. The third-order valence-corrected chi connectivity index (χ3v) is 4.99. The summed E-state index contributed by atoms with van der Waals surface area (Å²) in [6.07, 6.45) is 6.78. The van der Waals surface area contributed by atoms with Gasteiger partial charge >= 0.3 is 0 Å². The minimum Gasteiger partial charge on any atom is -0.490 e. The van der Waals surface area contributed by atoms with Gasteiger partial charge in [0, 0.05) is 5.56 Å². The average Bonchev–Trinajstić information content (AvgIpc) is 2.71. The number of aldehydes is 1. The standard InChI is InChI=1S/C21H23FO2.C2H6/c1-2-15-6-10-18(11-7-15)24-19-12-8-16(9-13-19)20-5-3-4-17(14-23)21(20)22;1-2/h3-5,8-9,12-15,18H,2,6-7,10-11H2,1H3;1-2H3. The Balaban J connectivity index is 0.00000117. The molecule has 0 aromatic heterocycles. The summed E-state index contributed by atoms with van der Waals surface area (Å²) in [5, 5.41) is 0. The number of hydrogen-bond donors (Lipinski definition) is 0. The summed E-state index contributed by atoms with van der Waals surface area (Å²) in [6, 6.07) is 12.3. The Morgan fingerprint density at radius 1 is 1.04 bits per heavy atom. The lowest BCUT2D eigenvalue weighted by molar-refractivity contribution is 0.112. The molecule has 3 rings (SSSR count). The fourth-order valence-electron chi connectivity index (χ4n) is 3.43. The van der Waals surface area contributed by atoms with Crippen molar-refractivity contribution in [2.24, 2.45) is 5.92 Å². The van der Waals surface area contributed by atoms with Gasteiger partial charge in [0.15, 0.2) is 6.29 Å². The molecule has 2 aromatic rings. The molecule has 0 atom stereocenters. The van der Waals surface area contributed by atoms with Crippen molar-refractivity contribution < 1.29 is 13.9 Å². The molecule has 3 heteroatoms. The highest BCUT2D eigenvalue weighted by atomic mass is 19.1. The number of halogens is 1. The molecular weight excluding hydrogens is 327 g/mol. The van der Waals surface area contributed by atoms with Crippen molar-refractivity contribution in [1.29, 1.82) is 0 Å². The van der Waals surface area contributed by atoms with Gasteiger partial charge in [-0.2, -0.15) is 0 Å². The zero-order valence-corrected chi connectivity index (χ0v) is 16.0. The van der Waals surface area contributed by atoms with Crippen molar-refractivity contribution in [3.63, 3.8) is 0 Å². The van der Waals surface area contributed by atoms with E-state index in [4.69, 9.17) is 4.74 Å². The molecule has 0 bridgehead atoms. The summed E-state index contributed by atoms with van der Waals surface area (Å²) in [4.78, 5) is 10.9. The van der Waals surface area contributed by atoms with E-state index in [2.05, 4.69) is 6.92 Å². The fourth-order valence-corrected chi connectivity index (χ4v) is 3.43. The van der Waals surface area contributed by atoms with Crippen LogP contribution in [-0.4, -0.2) is 12.4 Å². The third-order valence-electron chi connectivity index (χ3n) is 4.99. The SMILES string of the molecule is CC.CCC1CCC(Oc2ccc(-c3cccc(C=O)c3F)cc2)CC1. The van der Waals surface area contributed by atoms with Crippen molar-refractivity contribution in [2.45, 2.75) is 59.0 Å². The average molecular weight is 356 g/mol. The lowest BCUT2D eigenvalue weighted by Gasteiger charge is -2.28. The van der Waals surface area contributed by atoms with Crippen LogP contribution in [0.4, 0.5) is 4.39 Å². The summed E-state index contributed by atoms with van der Waals surface area (Å²) in [7, 11) is 0. The van der Waals surface area contributed by atoms with E-state index in [9.17, 15) is 9.18 Å². The van der Waals surface area contributed by atoms with E-state index in [1.165, 1.54) is 25.3 Å². The van der Waals surface area contributed by atoms with Crippen LogP contribution in [0.25, 0.3) is 11.1 Å². The minimum absolute atomic E-state index is 0.0838. The van der Waals surface area contributed by atoms with E-state index in [1.54, 1.807) is 12.1 Å². The molecule has 1 aliphatic rings. The molecule has 0 spiro atoms. The lowest BCUT2D eigenvalue weighted by Crippen LogP contribution is -2.23. The van der Waals surface area contributed by atoms with Crippen LogP contribution in [0.3, 0.4) is 0 Å². The largest absolute Gasteiger partial charge is 0.490 e. The van der Waals surface area contributed by atoms with Crippen LogP contribution in [0.5, 0.6) is 5.75 Å². The number of benzene rings is 2. The Bertz CT molecular complexity index is 686. The first kappa shape index (κ1) is 20.2. The maximum atomic E-state index is 14.2. The zero-order chi connectivity index (χ0) is 18.9. The summed E-state index contributed by atoms with van der Waals surface area (Å²) in [6.45, 7) is 6.25. The highest BCUT2D eigenvalue weighted by Crippen LogP contribution is 2.31. The van der Waals surface area contributed by atoms with Gasteiger partial charge in [-0.05, 0) is 55.4 Å². The summed E-state index contributed by atoms with van der Waals surface area (Å²) < 4.78 is 20.3. The molecule has 2 nitrogen and oxygen atoms in total. The first-order valence-electron chi connectivity index (χ1n) is 9.72. The Kier molecular flexibility index (Phi) is 7.83. The number of rotatable bonds is 5. The van der Waals surface area contributed by atoms with Crippen LogP contribution in [-0.2, 0) is 0 Å². The highest BCUT2D eigenvalue weighted by Gasteiger charge is 2.21. The van der Waals surface area contributed by atoms with Crippen molar-refractivity contribution in [1.82, 2.24) is 0 Å². The summed E-state index contributed by atoms with van der Waals surface area (Å²) in [5.74, 6) is 1.20. The number of carbonyl (C=O) groups excluding carboxylic acids is 1. The van der Waals surface area contributed by atoms with E-state index >= 15 is 0 Å². The van der Waals surface area contributed by atoms with Gasteiger partial charge in [0.05, 0.1) is 11.7 Å². The molecule has 0 saturated heterocycles. The molecule has 1 saturated carbocycles. The predicted octanol–water partition coefficient (Wildman–Crippen LogP) is 6.68. The van der Waals surface area contributed by atoms with E-state index in [1.807, 2.05) is 38.1 Å². The maximum Gasteiger partial charge on any atom is 0.153 e. The molecular formula is C23H29FO2. The molecule has 2 aromatic carbocycles. The molecule has 0 heterocycles. The second kappa shape index (κ2) is 10.1. The number of ether oxygens (including phenoxy) is 1. The van der Waals surface area contributed by atoms with Gasteiger partial charge in [-0.15, -0.1) is 0 Å².